The van der Waals surface area contributed by atoms with Crippen LogP contribution in [0.25, 0.3) is 0 Å². The van der Waals surface area contributed by atoms with Crippen LogP contribution in [0.1, 0.15) is 39.5 Å². The number of carbonyl (C=O) groups is 1. The number of piperidine rings is 1. The van der Waals surface area contributed by atoms with Gasteiger partial charge in [0.1, 0.15) is 10.7 Å². The fourth-order valence-corrected chi connectivity index (χ4v) is 4.62. The molecule has 1 fully saturated rings. The standard InChI is InChI=1S/C17H25FN2O3S/c1-13(2)19-17(21)10-9-14-6-5-11-20(12-14)24(22,23)16-8-4-3-7-15(16)18/h3-4,7-8,13-14H,5-6,9-12H2,1-2H3,(H,19,21). The van der Waals surface area contributed by atoms with E-state index in [-0.39, 0.29) is 22.8 Å². The minimum atomic E-state index is -3.83. The molecule has 1 aromatic carbocycles. The van der Waals surface area contributed by atoms with Gasteiger partial charge in [-0.15, -0.1) is 0 Å². The first-order valence-corrected chi connectivity index (χ1v) is 9.78. The van der Waals surface area contributed by atoms with Crippen LogP contribution < -0.4 is 5.32 Å². The van der Waals surface area contributed by atoms with E-state index in [1.165, 1.54) is 22.5 Å². The minimum absolute atomic E-state index is 0.0147. The second kappa shape index (κ2) is 8.07. The molecule has 1 atom stereocenters. The van der Waals surface area contributed by atoms with Crippen LogP contribution in [0, 0.1) is 11.7 Å². The predicted molar refractivity (Wildman–Crippen MR) is 90.4 cm³/mol. The van der Waals surface area contributed by atoms with E-state index in [4.69, 9.17) is 0 Å². The number of nitrogens with zero attached hydrogens (tertiary/aromatic N) is 1. The van der Waals surface area contributed by atoms with Gasteiger partial charge in [-0.05, 0) is 51.2 Å². The zero-order chi connectivity index (χ0) is 17.7. The smallest absolute Gasteiger partial charge is 0.245 e. The molecule has 2 rings (SSSR count). The summed E-state index contributed by atoms with van der Waals surface area (Å²) in [6.07, 6.45) is 2.64. The van der Waals surface area contributed by atoms with Crippen molar-refractivity contribution in [1.82, 2.24) is 9.62 Å². The van der Waals surface area contributed by atoms with Gasteiger partial charge in [0, 0.05) is 25.6 Å². The van der Waals surface area contributed by atoms with Crippen molar-refractivity contribution in [2.45, 2.75) is 50.5 Å². The normalized spacial score (nSPS) is 19.4. The Balaban J connectivity index is 2.00. The van der Waals surface area contributed by atoms with E-state index < -0.39 is 15.8 Å². The predicted octanol–water partition coefficient (Wildman–Crippen LogP) is 2.53. The Bertz CT molecular complexity index is 676. The van der Waals surface area contributed by atoms with E-state index >= 15 is 0 Å². The van der Waals surface area contributed by atoms with Crippen molar-refractivity contribution in [2.75, 3.05) is 13.1 Å². The van der Waals surface area contributed by atoms with Crippen LogP contribution in [0.3, 0.4) is 0 Å². The van der Waals surface area contributed by atoms with Gasteiger partial charge in [-0.3, -0.25) is 4.79 Å². The highest BCUT2D eigenvalue weighted by molar-refractivity contribution is 7.89. The molecule has 1 aliphatic rings. The molecule has 1 aliphatic heterocycles. The topological polar surface area (TPSA) is 66.5 Å². The lowest BCUT2D eigenvalue weighted by Gasteiger charge is -2.32. The summed E-state index contributed by atoms with van der Waals surface area (Å²) >= 11 is 0. The Morgan fingerprint density at radius 1 is 1.38 bits per heavy atom. The average Bonchev–Trinajstić information content (AvgIpc) is 2.53. The molecule has 1 heterocycles. The van der Waals surface area contributed by atoms with Crippen molar-refractivity contribution >= 4 is 15.9 Å². The molecule has 7 heteroatoms. The average molecular weight is 356 g/mol. The summed E-state index contributed by atoms with van der Waals surface area (Å²) in [7, 11) is -3.83. The van der Waals surface area contributed by atoms with Crippen LogP contribution >= 0.6 is 0 Å². The third-order valence-corrected chi connectivity index (χ3v) is 6.06. The second-order valence-corrected chi connectivity index (χ2v) is 8.47. The lowest BCUT2D eigenvalue weighted by Crippen LogP contribution is -2.40. The van der Waals surface area contributed by atoms with Gasteiger partial charge in [0.25, 0.3) is 0 Å². The van der Waals surface area contributed by atoms with Crippen LogP contribution in [0.2, 0.25) is 0 Å². The van der Waals surface area contributed by atoms with E-state index in [1.807, 2.05) is 13.8 Å². The van der Waals surface area contributed by atoms with Gasteiger partial charge >= 0.3 is 0 Å². The van der Waals surface area contributed by atoms with E-state index in [0.717, 1.165) is 18.9 Å². The first kappa shape index (κ1) is 18.9. The zero-order valence-corrected chi connectivity index (χ0v) is 15.0. The number of sulfonamides is 1. The SMILES string of the molecule is CC(C)NC(=O)CCC1CCCN(S(=O)(=O)c2ccccc2F)C1. The van der Waals surface area contributed by atoms with Crippen molar-refractivity contribution in [3.8, 4) is 0 Å². The van der Waals surface area contributed by atoms with Gasteiger partial charge in [0.05, 0.1) is 0 Å². The van der Waals surface area contributed by atoms with Crippen molar-refractivity contribution in [3.63, 3.8) is 0 Å². The Morgan fingerprint density at radius 2 is 2.08 bits per heavy atom. The maximum absolute atomic E-state index is 13.9. The number of benzene rings is 1. The molecule has 0 aliphatic carbocycles. The van der Waals surface area contributed by atoms with Gasteiger partial charge in [-0.2, -0.15) is 4.31 Å². The summed E-state index contributed by atoms with van der Waals surface area (Å²) in [4.78, 5) is 11.5. The molecule has 0 bridgehead atoms. The van der Waals surface area contributed by atoms with Crippen molar-refractivity contribution in [2.24, 2.45) is 5.92 Å². The molecule has 0 aromatic heterocycles. The lowest BCUT2D eigenvalue weighted by atomic mass is 9.94. The summed E-state index contributed by atoms with van der Waals surface area (Å²) in [6.45, 7) is 4.54. The number of nitrogens with one attached hydrogen (secondary N) is 1. The number of hydrogen-bond acceptors (Lipinski definition) is 3. The molecular weight excluding hydrogens is 331 g/mol. The lowest BCUT2D eigenvalue weighted by molar-refractivity contribution is -0.121. The quantitative estimate of drug-likeness (QED) is 0.852. The van der Waals surface area contributed by atoms with Gasteiger partial charge in [-0.1, -0.05) is 12.1 Å². The Hall–Kier alpha value is -1.47. The molecule has 0 spiro atoms. The minimum Gasteiger partial charge on any atom is -0.354 e. The molecule has 24 heavy (non-hydrogen) atoms. The monoisotopic (exact) mass is 356 g/mol. The third kappa shape index (κ3) is 4.77. The van der Waals surface area contributed by atoms with Crippen LogP contribution in [0.5, 0.6) is 0 Å². The third-order valence-electron chi connectivity index (χ3n) is 4.17. The Kier molecular flexibility index (Phi) is 6.34. The van der Waals surface area contributed by atoms with Gasteiger partial charge in [-0.25, -0.2) is 12.8 Å². The fraction of sp³-hybridized carbons (Fsp3) is 0.588. The van der Waals surface area contributed by atoms with E-state index in [9.17, 15) is 17.6 Å². The summed E-state index contributed by atoms with van der Waals surface area (Å²) in [5.74, 6) is -0.617. The van der Waals surface area contributed by atoms with E-state index in [2.05, 4.69) is 5.32 Å². The summed E-state index contributed by atoms with van der Waals surface area (Å²) in [5, 5.41) is 2.84. The van der Waals surface area contributed by atoms with Gasteiger partial charge in [0.15, 0.2) is 0 Å². The molecule has 134 valence electrons. The molecule has 1 aromatic rings. The summed E-state index contributed by atoms with van der Waals surface area (Å²) in [5.41, 5.74) is 0. The Labute approximate surface area is 143 Å². The zero-order valence-electron chi connectivity index (χ0n) is 14.2. The number of rotatable bonds is 6. The van der Waals surface area contributed by atoms with Gasteiger partial charge < -0.3 is 5.32 Å². The maximum Gasteiger partial charge on any atom is 0.245 e. The summed E-state index contributed by atoms with van der Waals surface area (Å²) < 4.78 is 40.5. The van der Waals surface area contributed by atoms with Crippen LogP contribution in [-0.4, -0.2) is 37.8 Å². The highest BCUT2D eigenvalue weighted by atomic mass is 32.2. The molecule has 1 amide bonds. The van der Waals surface area contributed by atoms with Crippen molar-refractivity contribution < 1.29 is 17.6 Å². The van der Waals surface area contributed by atoms with Crippen LogP contribution in [0.15, 0.2) is 29.2 Å². The second-order valence-electron chi connectivity index (χ2n) is 6.56. The van der Waals surface area contributed by atoms with Crippen molar-refractivity contribution in [3.05, 3.63) is 30.1 Å². The molecule has 0 radical (unpaired) electrons. The fourth-order valence-electron chi connectivity index (χ4n) is 3.00. The molecule has 5 nitrogen and oxygen atoms in total. The van der Waals surface area contributed by atoms with E-state index in [1.54, 1.807) is 0 Å². The largest absolute Gasteiger partial charge is 0.354 e. The summed E-state index contributed by atoms with van der Waals surface area (Å²) in [6, 6.07) is 5.55. The van der Waals surface area contributed by atoms with Crippen LogP contribution in [-0.2, 0) is 14.8 Å². The Morgan fingerprint density at radius 3 is 2.75 bits per heavy atom. The van der Waals surface area contributed by atoms with Crippen molar-refractivity contribution in [1.29, 1.82) is 0 Å². The maximum atomic E-state index is 13.9. The molecule has 1 N–H and O–H groups in total. The van der Waals surface area contributed by atoms with Crippen LogP contribution in [0.4, 0.5) is 4.39 Å². The highest BCUT2D eigenvalue weighted by Crippen LogP contribution is 2.27. The first-order chi connectivity index (χ1) is 11.3. The number of halogens is 1. The number of carbonyl (C=O) groups excluding carboxylic acids is 1. The molecular formula is C17H25FN2O3S. The highest BCUT2D eigenvalue weighted by Gasteiger charge is 2.31. The van der Waals surface area contributed by atoms with Gasteiger partial charge in [0.2, 0.25) is 15.9 Å². The number of hydrogen-bond donors (Lipinski definition) is 1. The number of amides is 1. The molecule has 1 saturated heterocycles. The molecule has 0 saturated carbocycles. The first-order valence-electron chi connectivity index (χ1n) is 8.34. The van der Waals surface area contributed by atoms with E-state index in [0.29, 0.717) is 25.9 Å². The molecule has 1 unspecified atom stereocenters.